The summed E-state index contributed by atoms with van der Waals surface area (Å²) < 4.78 is 5.01. The van der Waals surface area contributed by atoms with E-state index in [0.717, 1.165) is 0 Å². The van der Waals surface area contributed by atoms with Gasteiger partial charge in [0.25, 0.3) is 0 Å². The summed E-state index contributed by atoms with van der Waals surface area (Å²) in [7, 11) is 0. The molecule has 6 heteroatoms. The zero-order valence-corrected chi connectivity index (χ0v) is 10.9. The number of ether oxygens (including phenoxy) is 1. The predicted octanol–water partition coefficient (Wildman–Crippen LogP) is 0.398. The fourth-order valence-electron chi connectivity index (χ4n) is 1.07. The number of carbonyl (C=O) groups excluding carboxylic acids is 2. The summed E-state index contributed by atoms with van der Waals surface area (Å²) in [5.74, 6) is -0.0740. The van der Waals surface area contributed by atoms with Gasteiger partial charge in [-0.3, -0.25) is 10.1 Å². The molecule has 0 rings (SSSR count). The molecule has 0 radical (unpaired) electrons. The Morgan fingerprint density at radius 3 is 2.41 bits per heavy atom. The van der Waals surface area contributed by atoms with Crippen molar-refractivity contribution in [3.05, 3.63) is 0 Å². The van der Waals surface area contributed by atoms with Gasteiger partial charge in [0.05, 0.1) is 12.8 Å². The summed E-state index contributed by atoms with van der Waals surface area (Å²) in [5, 5.41) is 13.7. The highest BCUT2D eigenvalue weighted by molar-refractivity contribution is 5.84. The van der Waals surface area contributed by atoms with Crippen LogP contribution in [0.4, 0.5) is 4.79 Å². The number of aliphatic hydroxyl groups excluding tert-OH is 1. The number of Topliss-reactive ketones (excluding diaryl/α,β-unsaturated/α-hetero) is 1. The molecule has 0 aromatic carbocycles. The molecule has 0 aromatic rings. The Balaban J connectivity index is 3.77. The minimum Gasteiger partial charge on any atom is -0.444 e. The lowest BCUT2D eigenvalue weighted by atomic mass is 10.1. The van der Waals surface area contributed by atoms with E-state index in [4.69, 9.17) is 9.84 Å². The van der Waals surface area contributed by atoms with Gasteiger partial charge in [0.15, 0.2) is 5.78 Å². The number of alkyl carbamates (subject to hydrolysis) is 1. The molecule has 0 fully saturated rings. The van der Waals surface area contributed by atoms with Crippen molar-refractivity contribution in [2.75, 3.05) is 13.3 Å². The van der Waals surface area contributed by atoms with Gasteiger partial charge in [0, 0.05) is 13.0 Å². The molecule has 0 aliphatic carbocycles. The van der Waals surface area contributed by atoms with Gasteiger partial charge in [-0.1, -0.05) is 0 Å². The second-order valence-corrected chi connectivity index (χ2v) is 4.73. The highest BCUT2D eigenvalue weighted by Gasteiger charge is 2.16. The maximum atomic E-state index is 11.4. The molecule has 0 heterocycles. The van der Waals surface area contributed by atoms with Gasteiger partial charge < -0.3 is 15.2 Å². The number of hydrogen-bond donors (Lipinski definition) is 3. The molecule has 3 N–H and O–H groups in total. The minimum absolute atomic E-state index is 0.0740. The number of aliphatic hydroxyl groups is 1. The molecule has 0 spiro atoms. The molecule has 6 nitrogen and oxygen atoms in total. The van der Waals surface area contributed by atoms with E-state index in [1.807, 2.05) is 0 Å². The van der Waals surface area contributed by atoms with Crippen molar-refractivity contribution in [2.24, 2.45) is 0 Å². The normalized spacial score (nSPS) is 13.0. The number of carbonyl (C=O) groups is 2. The Morgan fingerprint density at radius 2 is 1.94 bits per heavy atom. The van der Waals surface area contributed by atoms with Crippen molar-refractivity contribution in [3.63, 3.8) is 0 Å². The quantitative estimate of drug-likeness (QED) is 0.590. The van der Waals surface area contributed by atoms with E-state index in [1.54, 1.807) is 27.7 Å². The number of hydrogen-bond acceptors (Lipinski definition) is 5. The van der Waals surface area contributed by atoms with Crippen LogP contribution in [0.2, 0.25) is 0 Å². The molecule has 1 atom stereocenters. The zero-order valence-electron chi connectivity index (χ0n) is 10.9. The van der Waals surface area contributed by atoms with Crippen LogP contribution in [0.5, 0.6) is 0 Å². The highest BCUT2D eigenvalue weighted by Crippen LogP contribution is 2.06. The van der Waals surface area contributed by atoms with E-state index in [1.165, 1.54) is 0 Å². The van der Waals surface area contributed by atoms with Crippen molar-refractivity contribution in [2.45, 2.75) is 45.8 Å². The van der Waals surface area contributed by atoms with E-state index in [-0.39, 0.29) is 25.5 Å². The van der Waals surface area contributed by atoms with E-state index in [2.05, 4.69) is 10.6 Å². The fraction of sp³-hybridized carbons (Fsp3) is 0.818. The summed E-state index contributed by atoms with van der Waals surface area (Å²) in [6.45, 7) is 6.95. The van der Waals surface area contributed by atoms with Crippen LogP contribution in [-0.4, -0.2) is 41.9 Å². The van der Waals surface area contributed by atoms with Crippen molar-refractivity contribution in [1.29, 1.82) is 0 Å². The summed E-state index contributed by atoms with van der Waals surface area (Å²) in [4.78, 5) is 22.7. The lowest BCUT2D eigenvalue weighted by molar-refractivity contribution is -0.120. The first-order valence-corrected chi connectivity index (χ1v) is 5.60. The summed E-state index contributed by atoms with van der Waals surface area (Å²) in [6, 6.07) is -0.416. The summed E-state index contributed by atoms with van der Waals surface area (Å²) in [6.07, 6.45) is -0.332. The molecule has 0 aliphatic rings. The van der Waals surface area contributed by atoms with Crippen LogP contribution >= 0.6 is 0 Å². The lowest BCUT2D eigenvalue weighted by Gasteiger charge is -2.19. The molecule has 0 aliphatic heterocycles. The first-order valence-electron chi connectivity index (χ1n) is 5.60. The van der Waals surface area contributed by atoms with Crippen LogP contribution in [0.15, 0.2) is 0 Å². The maximum absolute atomic E-state index is 11.4. The van der Waals surface area contributed by atoms with Crippen molar-refractivity contribution in [1.82, 2.24) is 10.6 Å². The van der Waals surface area contributed by atoms with E-state index in [9.17, 15) is 9.59 Å². The first-order chi connectivity index (χ1) is 7.76. The Hall–Kier alpha value is -1.14. The molecule has 100 valence electrons. The minimum atomic E-state index is -0.542. The Bertz CT molecular complexity index is 261. The molecule has 0 saturated carbocycles. The molecule has 1 amide bonds. The summed E-state index contributed by atoms with van der Waals surface area (Å²) in [5.41, 5.74) is -0.542. The van der Waals surface area contributed by atoms with Gasteiger partial charge >= 0.3 is 6.09 Å². The third kappa shape index (κ3) is 8.65. The Morgan fingerprint density at radius 1 is 1.35 bits per heavy atom. The average Bonchev–Trinajstić information content (AvgIpc) is 2.14. The van der Waals surface area contributed by atoms with Crippen molar-refractivity contribution >= 4 is 11.9 Å². The topological polar surface area (TPSA) is 87.7 Å². The van der Waals surface area contributed by atoms with Crippen molar-refractivity contribution in [3.8, 4) is 0 Å². The van der Waals surface area contributed by atoms with Gasteiger partial charge in [-0.2, -0.15) is 0 Å². The van der Waals surface area contributed by atoms with Crippen LogP contribution in [0, 0.1) is 0 Å². The van der Waals surface area contributed by atoms with Crippen LogP contribution in [0.25, 0.3) is 0 Å². The van der Waals surface area contributed by atoms with Crippen LogP contribution in [0.3, 0.4) is 0 Å². The van der Waals surface area contributed by atoms with Gasteiger partial charge in [0.1, 0.15) is 5.60 Å². The average molecular weight is 246 g/mol. The number of ketones is 1. The van der Waals surface area contributed by atoms with Crippen LogP contribution in [0.1, 0.15) is 34.1 Å². The number of amides is 1. The smallest absolute Gasteiger partial charge is 0.407 e. The highest BCUT2D eigenvalue weighted by atomic mass is 16.6. The molecule has 0 unspecified atom stereocenters. The second kappa shape index (κ2) is 7.24. The SMILES string of the molecule is C[C@H](NCO)C(=O)CCNC(=O)OC(C)(C)C. The molecule has 0 aromatic heterocycles. The van der Waals surface area contributed by atoms with Gasteiger partial charge in [-0.05, 0) is 27.7 Å². The predicted molar refractivity (Wildman–Crippen MR) is 63.5 cm³/mol. The van der Waals surface area contributed by atoms with Gasteiger partial charge in [-0.25, -0.2) is 4.79 Å². The maximum Gasteiger partial charge on any atom is 0.407 e. The largest absolute Gasteiger partial charge is 0.444 e. The van der Waals surface area contributed by atoms with E-state index in [0.29, 0.717) is 0 Å². The van der Waals surface area contributed by atoms with Crippen molar-refractivity contribution < 1.29 is 19.4 Å². The van der Waals surface area contributed by atoms with E-state index >= 15 is 0 Å². The second-order valence-electron chi connectivity index (χ2n) is 4.73. The number of nitrogens with one attached hydrogen (secondary N) is 2. The summed E-state index contributed by atoms with van der Waals surface area (Å²) >= 11 is 0. The Labute approximate surface area is 102 Å². The van der Waals surface area contributed by atoms with E-state index < -0.39 is 17.7 Å². The van der Waals surface area contributed by atoms with Gasteiger partial charge in [0.2, 0.25) is 0 Å². The molecular formula is C11H22N2O4. The monoisotopic (exact) mass is 246 g/mol. The molecule has 0 saturated heterocycles. The van der Waals surface area contributed by atoms with Gasteiger partial charge in [-0.15, -0.1) is 0 Å². The Kier molecular flexibility index (Phi) is 6.75. The number of rotatable bonds is 6. The fourth-order valence-corrected chi connectivity index (χ4v) is 1.07. The zero-order chi connectivity index (χ0) is 13.5. The van der Waals surface area contributed by atoms with Crippen LogP contribution < -0.4 is 10.6 Å². The molecular weight excluding hydrogens is 224 g/mol. The molecule has 0 bridgehead atoms. The standard InChI is InChI=1S/C11H22N2O4/c1-8(13-7-14)9(15)5-6-12-10(16)17-11(2,3)4/h8,13-14H,5-7H2,1-4H3,(H,12,16)/t8-/m0/s1. The third-order valence-electron chi connectivity index (χ3n) is 1.92. The van der Waals surface area contributed by atoms with Crippen LogP contribution in [-0.2, 0) is 9.53 Å². The third-order valence-corrected chi connectivity index (χ3v) is 1.92. The first kappa shape index (κ1) is 15.9. The molecule has 17 heavy (non-hydrogen) atoms. The lowest BCUT2D eigenvalue weighted by Crippen LogP contribution is -2.38.